The molecule has 136 valence electrons. The van der Waals surface area contributed by atoms with Gasteiger partial charge in [0.15, 0.2) is 11.5 Å². The molecule has 0 aliphatic carbocycles. The van der Waals surface area contributed by atoms with Crippen molar-refractivity contribution < 1.29 is 14.3 Å². The summed E-state index contributed by atoms with van der Waals surface area (Å²) in [5.41, 5.74) is 1.93. The maximum atomic E-state index is 12.4. The fourth-order valence-electron chi connectivity index (χ4n) is 3.58. The maximum Gasteiger partial charge on any atom is 0.238 e. The van der Waals surface area contributed by atoms with Gasteiger partial charge in [0.25, 0.3) is 0 Å². The fraction of sp³-hybridized carbons (Fsp3) is 0.350. The van der Waals surface area contributed by atoms with E-state index in [1.165, 1.54) is 5.56 Å². The zero-order valence-electron chi connectivity index (χ0n) is 14.4. The largest absolute Gasteiger partial charge is 0.486 e. The third-order valence-electron chi connectivity index (χ3n) is 4.79. The highest BCUT2D eigenvalue weighted by Crippen LogP contribution is 2.37. The van der Waals surface area contributed by atoms with Crippen molar-refractivity contribution in [3.05, 3.63) is 53.1 Å². The number of nitrogens with zero attached hydrogens (tertiary/aromatic N) is 1. The number of rotatable bonds is 4. The predicted octanol–water partition coefficient (Wildman–Crippen LogP) is 3.89. The van der Waals surface area contributed by atoms with E-state index in [1.54, 1.807) is 12.1 Å². The molecule has 0 radical (unpaired) electrons. The van der Waals surface area contributed by atoms with Crippen molar-refractivity contribution in [3.8, 4) is 11.5 Å². The number of carbonyl (C=O) groups excluding carboxylic acids is 1. The molecule has 2 aliphatic heterocycles. The van der Waals surface area contributed by atoms with Gasteiger partial charge in [0.1, 0.15) is 13.2 Å². The van der Waals surface area contributed by atoms with Crippen LogP contribution in [0.25, 0.3) is 0 Å². The highest BCUT2D eigenvalue weighted by atomic mass is 35.5. The summed E-state index contributed by atoms with van der Waals surface area (Å²) >= 11 is 5.88. The summed E-state index contributed by atoms with van der Waals surface area (Å²) in [6.07, 6.45) is 2.11. The van der Waals surface area contributed by atoms with Crippen LogP contribution in [0.2, 0.25) is 5.02 Å². The van der Waals surface area contributed by atoms with E-state index in [1.807, 2.05) is 18.2 Å². The molecule has 0 bridgehead atoms. The topological polar surface area (TPSA) is 50.8 Å². The van der Waals surface area contributed by atoms with Crippen molar-refractivity contribution in [1.29, 1.82) is 0 Å². The van der Waals surface area contributed by atoms with Crippen molar-refractivity contribution in [3.63, 3.8) is 0 Å². The van der Waals surface area contributed by atoms with Crippen LogP contribution >= 0.6 is 11.6 Å². The summed E-state index contributed by atoms with van der Waals surface area (Å²) in [6, 6.07) is 13.5. The average molecular weight is 373 g/mol. The molecule has 0 spiro atoms. The Kier molecular flexibility index (Phi) is 5.00. The molecule has 0 unspecified atom stereocenters. The van der Waals surface area contributed by atoms with Crippen molar-refractivity contribution in [2.75, 3.05) is 31.6 Å². The standard InChI is InChI=1S/C20H21ClN2O3/c21-15-4-6-16(7-5-15)22-20(24)13-23-9-1-2-17(23)14-3-8-18-19(12-14)26-11-10-25-18/h3-8,12,17H,1-2,9-11,13H2,(H,22,24)/t17-/m0/s1. The lowest BCUT2D eigenvalue weighted by Gasteiger charge is -2.26. The molecule has 6 heteroatoms. The zero-order chi connectivity index (χ0) is 17.9. The smallest absolute Gasteiger partial charge is 0.238 e. The monoisotopic (exact) mass is 372 g/mol. The number of fused-ring (bicyclic) bond motifs is 1. The number of halogens is 1. The fourth-order valence-corrected chi connectivity index (χ4v) is 3.70. The molecule has 2 aromatic rings. The van der Waals surface area contributed by atoms with E-state index in [9.17, 15) is 4.79 Å². The van der Waals surface area contributed by atoms with Crippen LogP contribution in [0.3, 0.4) is 0 Å². The van der Waals surface area contributed by atoms with Gasteiger partial charge in [-0.15, -0.1) is 0 Å². The SMILES string of the molecule is O=C(CN1CCC[C@H]1c1ccc2c(c1)OCCO2)Nc1ccc(Cl)cc1. The molecule has 2 aromatic carbocycles. The summed E-state index contributed by atoms with van der Waals surface area (Å²) in [5, 5.41) is 3.59. The Hall–Kier alpha value is -2.24. The number of likely N-dealkylation sites (tertiary alicyclic amines) is 1. The molecule has 2 heterocycles. The second-order valence-electron chi connectivity index (χ2n) is 6.59. The van der Waals surface area contributed by atoms with Gasteiger partial charge in [-0.3, -0.25) is 9.69 Å². The summed E-state index contributed by atoms with van der Waals surface area (Å²) in [6.45, 7) is 2.44. The maximum absolute atomic E-state index is 12.4. The minimum absolute atomic E-state index is 0.0169. The normalized spacial score (nSPS) is 19.3. The minimum atomic E-state index is -0.0169. The third kappa shape index (κ3) is 3.79. The molecule has 2 aliphatic rings. The Morgan fingerprint density at radius 3 is 2.69 bits per heavy atom. The molecule has 1 saturated heterocycles. The van der Waals surface area contributed by atoms with E-state index < -0.39 is 0 Å². The van der Waals surface area contributed by atoms with E-state index in [-0.39, 0.29) is 11.9 Å². The van der Waals surface area contributed by atoms with Gasteiger partial charge in [-0.1, -0.05) is 17.7 Å². The van der Waals surface area contributed by atoms with Crippen LogP contribution < -0.4 is 14.8 Å². The number of carbonyl (C=O) groups is 1. The molecule has 1 fully saturated rings. The Bertz CT molecular complexity index is 794. The summed E-state index contributed by atoms with van der Waals surface area (Å²) in [5.74, 6) is 1.58. The lowest BCUT2D eigenvalue weighted by atomic mass is 10.0. The molecular weight excluding hydrogens is 352 g/mol. The van der Waals surface area contributed by atoms with E-state index in [0.29, 0.717) is 24.8 Å². The number of amides is 1. The second-order valence-corrected chi connectivity index (χ2v) is 7.02. The quantitative estimate of drug-likeness (QED) is 0.884. The molecule has 26 heavy (non-hydrogen) atoms. The number of ether oxygens (including phenoxy) is 2. The molecule has 0 saturated carbocycles. The van der Waals surface area contributed by atoms with E-state index >= 15 is 0 Å². The van der Waals surface area contributed by atoms with E-state index in [2.05, 4.69) is 22.3 Å². The van der Waals surface area contributed by atoms with Crippen LogP contribution in [-0.4, -0.2) is 37.1 Å². The number of benzene rings is 2. The number of anilines is 1. The molecule has 1 atom stereocenters. The number of hydrogen-bond donors (Lipinski definition) is 1. The predicted molar refractivity (Wildman–Crippen MR) is 101 cm³/mol. The third-order valence-corrected chi connectivity index (χ3v) is 5.04. The van der Waals surface area contributed by atoms with Crippen LogP contribution in [0.5, 0.6) is 11.5 Å². The number of hydrogen-bond acceptors (Lipinski definition) is 4. The zero-order valence-corrected chi connectivity index (χ0v) is 15.2. The first kappa shape index (κ1) is 17.2. The van der Waals surface area contributed by atoms with Gasteiger partial charge in [-0.05, 0) is 61.3 Å². The Morgan fingerprint density at radius 1 is 1.12 bits per heavy atom. The first-order chi connectivity index (χ1) is 12.7. The lowest BCUT2D eigenvalue weighted by Crippen LogP contribution is -2.33. The Labute approximate surface area is 157 Å². The highest BCUT2D eigenvalue weighted by molar-refractivity contribution is 6.30. The van der Waals surface area contributed by atoms with Crippen LogP contribution in [0.1, 0.15) is 24.4 Å². The highest BCUT2D eigenvalue weighted by Gasteiger charge is 2.28. The summed E-state index contributed by atoms with van der Waals surface area (Å²) < 4.78 is 11.3. The van der Waals surface area contributed by atoms with Crippen LogP contribution in [0.4, 0.5) is 5.69 Å². The van der Waals surface area contributed by atoms with Gasteiger partial charge < -0.3 is 14.8 Å². The molecule has 0 aromatic heterocycles. The Balaban J connectivity index is 1.43. The van der Waals surface area contributed by atoms with Gasteiger partial charge in [0.05, 0.1) is 6.54 Å². The number of nitrogens with one attached hydrogen (secondary N) is 1. The lowest BCUT2D eigenvalue weighted by molar-refractivity contribution is -0.117. The van der Waals surface area contributed by atoms with Crippen molar-refractivity contribution in [2.24, 2.45) is 0 Å². The van der Waals surface area contributed by atoms with Gasteiger partial charge in [-0.2, -0.15) is 0 Å². The van der Waals surface area contributed by atoms with Crippen molar-refractivity contribution >= 4 is 23.2 Å². The van der Waals surface area contributed by atoms with Crippen LogP contribution in [0, 0.1) is 0 Å². The van der Waals surface area contributed by atoms with E-state index in [4.69, 9.17) is 21.1 Å². The molecule has 1 N–H and O–H groups in total. The minimum Gasteiger partial charge on any atom is -0.486 e. The van der Waals surface area contributed by atoms with Gasteiger partial charge in [0.2, 0.25) is 5.91 Å². The van der Waals surface area contributed by atoms with E-state index in [0.717, 1.165) is 36.6 Å². The molecule has 5 nitrogen and oxygen atoms in total. The second kappa shape index (κ2) is 7.56. The van der Waals surface area contributed by atoms with Crippen molar-refractivity contribution in [2.45, 2.75) is 18.9 Å². The van der Waals surface area contributed by atoms with Gasteiger partial charge in [-0.25, -0.2) is 0 Å². The van der Waals surface area contributed by atoms with Crippen LogP contribution in [-0.2, 0) is 4.79 Å². The first-order valence-electron chi connectivity index (χ1n) is 8.88. The van der Waals surface area contributed by atoms with Gasteiger partial charge in [0, 0.05) is 16.8 Å². The summed E-state index contributed by atoms with van der Waals surface area (Å²) in [7, 11) is 0. The Morgan fingerprint density at radius 2 is 1.88 bits per heavy atom. The molecule has 4 rings (SSSR count). The first-order valence-corrected chi connectivity index (χ1v) is 9.26. The van der Waals surface area contributed by atoms with Gasteiger partial charge >= 0.3 is 0 Å². The molecule has 1 amide bonds. The van der Waals surface area contributed by atoms with Crippen molar-refractivity contribution in [1.82, 2.24) is 4.90 Å². The summed E-state index contributed by atoms with van der Waals surface area (Å²) in [4.78, 5) is 14.7. The molecular formula is C20H21ClN2O3. The van der Waals surface area contributed by atoms with Crippen LogP contribution in [0.15, 0.2) is 42.5 Å². The average Bonchev–Trinajstić information content (AvgIpc) is 3.11.